The fourth-order valence-corrected chi connectivity index (χ4v) is 4.96. The zero-order valence-electron chi connectivity index (χ0n) is 21.8. The van der Waals surface area contributed by atoms with Gasteiger partial charge in [0.25, 0.3) is 0 Å². The van der Waals surface area contributed by atoms with Gasteiger partial charge in [0.15, 0.2) is 0 Å². The van der Waals surface area contributed by atoms with Crippen molar-refractivity contribution in [2.75, 3.05) is 0 Å². The maximum Gasteiger partial charge on any atom is 0.123 e. The Morgan fingerprint density at radius 3 is 2.29 bits per heavy atom. The fourth-order valence-electron chi connectivity index (χ4n) is 4.96. The molecule has 0 fully saturated rings. The van der Waals surface area contributed by atoms with E-state index in [1.165, 1.54) is 5.56 Å². The predicted molar refractivity (Wildman–Crippen MR) is 152 cm³/mol. The SMILES string of the molecule is Cn1c(-c2[c-]c(-c3cc(C(C)(C)C)cc4cccnc34)ccc2)nc2c(-c3ccccc3O)cccc21.[Pt]. The molecule has 0 spiro atoms. The van der Waals surface area contributed by atoms with Crippen molar-refractivity contribution in [2.24, 2.45) is 7.05 Å². The van der Waals surface area contributed by atoms with Crippen LogP contribution in [0.5, 0.6) is 5.75 Å². The van der Waals surface area contributed by atoms with Gasteiger partial charge in [0.05, 0.1) is 16.9 Å². The third kappa shape index (κ3) is 4.44. The van der Waals surface area contributed by atoms with E-state index in [4.69, 9.17) is 9.97 Å². The molecule has 192 valence electrons. The van der Waals surface area contributed by atoms with E-state index in [-0.39, 0.29) is 32.2 Å². The molecule has 1 N–H and O–H groups in total. The summed E-state index contributed by atoms with van der Waals surface area (Å²) in [7, 11) is 2.02. The number of aromatic nitrogens is 3. The van der Waals surface area contributed by atoms with Crippen LogP contribution in [0.15, 0.2) is 91.1 Å². The zero-order valence-corrected chi connectivity index (χ0v) is 24.0. The number of hydrogen-bond acceptors (Lipinski definition) is 3. The Morgan fingerprint density at radius 1 is 0.763 bits per heavy atom. The van der Waals surface area contributed by atoms with Gasteiger partial charge >= 0.3 is 0 Å². The molecule has 6 aromatic rings. The number of rotatable bonds is 3. The minimum absolute atomic E-state index is 0. The fraction of sp³-hybridized carbons (Fsp3) is 0.152. The largest absolute Gasteiger partial charge is 0.507 e. The molecular weight excluding hydrogens is 649 g/mol. The number of hydrogen-bond donors (Lipinski definition) is 1. The number of aryl methyl sites for hydroxylation is 1. The molecule has 5 heteroatoms. The molecule has 6 rings (SSSR count). The molecule has 0 aliphatic carbocycles. The molecule has 4 nitrogen and oxygen atoms in total. The number of pyridine rings is 1. The molecule has 0 saturated carbocycles. The van der Waals surface area contributed by atoms with Gasteiger partial charge in [-0.1, -0.05) is 80.4 Å². The summed E-state index contributed by atoms with van der Waals surface area (Å²) in [5.41, 5.74) is 8.72. The average molecular weight is 678 g/mol. The van der Waals surface area contributed by atoms with Crippen LogP contribution in [-0.2, 0) is 33.5 Å². The van der Waals surface area contributed by atoms with E-state index in [1.807, 2.05) is 55.7 Å². The van der Waals surface area contributed by atoms with E-state index >= 15 is 0 Å². The average Bonchev–Trinajstić information content (AvgIpc) is 3.24. The van der Waals surface area contributed by atoms with Gasteiger partial charge in [-0.05, 0) is 34.6 Å². The van der Waals surface area contributed by atoms with Crippen molar-refractivity contribution < 1.29 is 26.2 Å². The number of para-hydroxylation sites is 2. The topological polar surface area (TPSA) is 50.9 Å². The van der Waals surface area contributed by atoms with Crippen LogP contribution >= 0.6 is 0 Å². The Bertz CT molecular complexity index is 1800. The van der Waals surface area contributed by atoms with E-state index in [2.05, 4.69) is 67.8 Å². The number of aromatic hydroxyl groups is 1. The summed E-state index contributed by atoms with van der Waals surface area (Å²) in [5.74, 6) is 1.07. The Labute approximate surface area is 237 Å². The summed E-state index contributed by atoms with van der Waals surface area (Å²) in [6.07, 6.45) is 1.85. The van der Waals surface area contributed by atoms with Crippen molar-refractivity contribution in [1.82, 2.24) is 14.5 Å². The molecule has 0 unspecified atom stereocenters. The van der Waals surface area contributed by atoms with Gasteiger partial charge < -0.3 is 9.67 Å². The second-order valence-corrected chi connectivity index (χ2v) is 10.5. The molecule has 0 atom stereocenters. The van der Waals surface area contributed by atoms with Gasteiger partial charge in [-0.25, -0.2) is 0 Å². The predicted octanol–water partition coefficient (Wildman–Crippen LogP) is 7.92. The monoisotopic (exact) mass is 677 g/mol. The molecule has 0 radical (unpaired) electrons. The minimum Gasteiger partial charge on any atom is -0.507 e. The van der Waals surface area contributed by atoms with E-state index < -0.39 is 0 Å². The Kier molecular flexibility index (Phi) is 6.71. The van der Waals surface area contributed by atoms with E-state index in [0.717, 1.165) is 55.6 Å². The first-order valence-electron chi connectivity index (χ1n) is 12.5. The third-order valence-electron chi connectivity index (χ3n) is 7.00. The Hall–Kier alpha value is -3.75. The van der Waals surface area contributed by atoms with E-state index in [9.17, 15) is 5.11 Å². The summed E-state index contributed by atoms with van der Waals surface area (Å²) in [5, 5.41) is 11.6. The van der Waals surface area contributed by atoms with Crippen LogP contribution in [0.3, 0.4) is 0 Å². The second-order valence-electron chi connectivity index (χ2n) is 10.5. The van der Waals surface area contributed by atoms with Crippen LogP contribution in [0.2, 0.25) is 0 Å². The molecule has 0 aliphatic heterocycles. The van der Waals surface area contributed by atoms with Crippen LogP contribution in [0.1, 0.15) is 26.3 Å². The van der Waals surface area contributed by atoms with E-state index in [0.29, 0.717) is 0 Å². The van der Waals surface area contributed by atoms with Crippen molar-refractivity contribution in [1.29, 1.82) is 0 Å². The van der Waals surface area contributed by atoms with Crippen molar-refractivity contribution in [2.45, 2.75) is 26.2 Å². The summed E-state index contributed by atoms with van der Waals surface area (Å²) < 4.78 is 2.09. The zero-order chi connectivity index (χ0) is 25.7. The van der Waals surface area contributed by atoms with Gasteiger partial charge in [0.2, 0.25) is 0 Å². The van der Waals surface area contributed by atoms with Crippen molar-refractivity contribution >= 4 is 21.9 Å². The van der Waals surface area contributed by atoms with Crippen molar-refractivity contribution in [3.63, 3.8) is 0 Å². The van der Waals surface area contributed by atoms with Gasteiger partial charge in [-0.3, -0.25) is 9.97 Å². The number of fused-ring (bicyclic) bond motifs is 2. The standard InChI is InChI=1S/C33H28N3O.Pt/c1-33(2,3)24-19-22-12-9-17-34-30(22)27(20-24)21-10-7-11-23(18-21)32-35-31-26(14-8-15-28(31)36(32)4)25-13-5-6-16-29(25)37;/h5-17,19-20,37H,1-4H3;/q-1;. The number of phenols is 1. The summed E-state index contributed by atoms with van der Waals surface area (Å²) in [6, 6.07) is 31.9. The Balaban J connectivity index is 0.00000294. The molecule has 0 amide bonds. The van der Waals surface area contributed by atoms with Crippen LogP contribution in [0, 0.1) is 6.07 Å². The van der Waals surface area contributed by atoms with Crippen LogP contribution in [0.4, 0.5) is 0 Å². The van der Waals surface area contributed by atoms with Gasteiger partial charge in [0.1, 0.15) is 5.75 Å². The first-order valence-corrected chi connectivity index (χ1v) is 12.5. The quantitative estimate of drug-likeness (QED) is 0.194. The summed E-state index contributed by atoms with van der Waals surface area (Å²) in [4.78, 5) is 9.78. The maximum atomic E-state index is 10.5. The molecular formula is C33H28N3OPt-. The molecule has 0 aliphatic rings. The molecule has 38 heavy (non-hydrogen) atoms. The van der Waals surface area contributed by atoms with Crippen LogP contribution < -0.4 is 0 Å². The number of nitrogens with zero attached hydrogens (tertiary/aromatic N) is 3. The first-order chi connectivity index (χ1) is 17.8. The van der Waals surface area contributed by atoms with Crippen molar-refractivity contribution in [3.8, 4) is 39.4 Å². The molecule has 0 saturated heterocycles. The molecule has 4 aromatic carbocycles. The van der Waals surface area contributed by atoms with Crippen LogP contribution in [0.25, 0.3) is 55.6 Å². The number of benzene rings is 4. The maximum absolute atomic E-state index is 10.5. The van der Waals surface area contributed by atoms with Gasteiger partial charge in [-0.15, -0.1) is 29.8 Å². The first kappa shape index (κ1) is 25.9. The third-order valence-corrected chi connectivity index (χ3v) is 7.00. The molecule has 2 heterocycles. The summed E-state index contributed by atoms with van der Waals surface area (Å²) in [6.45, 7) is 6.70. The minimum atomic E-state index is 0. The van der Waals surface area contributed by atoms with Gasteiger partial charge in [0, 0.05) is 51.0 Å². The van der Waals surface area contributed by atoms with Gasteiger partial charge in [-0.2, -0.15) is 0 Å². The van der Waals surface area contributed by atoms with E-state index in [1.54, 1.807) is 6.07 Å². The summed E-state index contributed by atoms with van der Waals surface area (Å²) >= 11 is 0. The molecule has 2 aromatic heterocycles. The molecule has 0 bridgehead atoms. The normalized spacial score (nSPS) is 11.6. The second kappa shape index (κ2) is 9.85. The Morgan fingerprint density at radius 2 is 1.50 bits per heavy atom. The number of imidazole rings is 1. The van der Waals surface area contributed by atoms with Crippen LogP contribution in [-0.4, -0.2) is 19.6 Å². The smallest absolute Gasteiger partial charge is 0.123 e. The van der Waals surface area contributed by atoms with Crippen molar-refractivity contribution in [3.05, 3.63) is 103 Å². The number of phenolic OH excluding ortho intramolecular Hbond substituents is 1.